The van der Waals surface area contributed by atoms with E-state index in [1.165, 1.54) is 17.1 Å². The molecule has 0 aliphatic heterocycles. The third-order valence-electron chi connectivity index (χ3n) is 2.31. The first kappa shape index (κ1) is 13.2. The minimum absolute atomic E-state index is 0.0773. The van der Waals surface area contributed by atoms with Crippen molar-refractivity contribution >= 4 is 11.9 Å². The lowest BCUT2D eigenvalue weighted by Gasteiger charge is -2.13. The minimum atomic E-state index is -1.05. The fourth-order valence-electron chi connectivity index (χ4n) is 1.23. The molecular weight excluding hydrogens is 222 g/mol. The number of nitrogens with zero attached hydrogens (tertiary/aromatic N) is 2. The standard InChI is InChI=1S/C11H17N3O3/c1-7(2)4-12-10(15)8(3)14-6-9(5-13-14)11(16)17/h5-8H,4H2,1-3H3,(H,12,15)(H,16,17). The van der Waals surface area contributed by atoms with Crippen molar-refractivity contribution in [3.05, 3.63) is 18.0 Å². The lowest BCUT2D eigenvalue weighted by molar-refractivity contribution is -0.124. The van der Waals surface area contributed by atoms with Crippen molar-refractivity contribution in [2.24, 2.45) is 5.92 Å². The van der Waals surface area contributed by atoms with Gasteiger partial charge in [0.15, 0.2) is 0 Å². The van der Waals surface area contributed by atoms with Crippen molar-refractivity contribution < 1.29 is 14.7 Å². The molecule has 1 unspecified atom stereocenters. The van der Waals surface area contributed by atoms with Crippen LogP contribution in [0.2, 0.25) is 0 Å². The quantitative estimate of drug-likeness (QED) is 0.800. The maximum absolute atomic E-state index is 11.7. The minimum Gasteiger partial charge on any atom is -0.478 e. The summed E-state index contributed by atoms with van der Waals surface area (Å²) in [4.78, 5) is 22.4. The van der Waals surface area contributed by atoms with E-state index in [2.05, 4.69) is 10.4 Å². The lowest BCUT2D eigenvalue weighted by Crippen LogP contribution is -2.33. The van der Waals surface area contributed by atoms with Crippen molar-refractivity contribution in [2.75, 3.05) is 6.54 Å². The Kier molecular flexibility index (Phi) is 4.25. The molecule has 1 atom stereocenters. The van der Waals surface area contributed by atoms with Gasteiger partial charge in [-0.1, -0.05) is 13.8 Å². The third-order valence-corrected chi connectivity index (χ3v) is 2.31. The van der Waals surface area contributed by atoms with Crippen molar-refractivity contribution in [1.29, 1.82) is 0 Å². The second kappa shape index (κ2) is 5.47. The van der Waals surface area contributed by atoms with Gasteiger partial charge in [-0.15, -0.1) is 0 Å². The van der Waals surface area contributed by atoms with Gasteiger partial charge < -0.3 is 10.4 Å². The predicted molar refractivity (Wildman–Crippen MR) is 61.7 cm³/mol. The maximum Gasteiger partial charge on any atom is 0.338 e. The Labute approximate surface area is 99.6 Å². The highest BCUT2D eigenvalue weighted by atomic mass is 16.4. The van der Waals surface area contributed by atoms with Crippen LogP contribution < -0.4 is 5.32 Å². The number of nitrogens with one attached hydrogen (secondary N) is 1. The number of aromatic nitrogens is 2. The number of carboxylic acid groups (broad SMARTS) is 1. The highest BCUT2D eigenvalue weighted by molar-refractivity contribution is 5.87. The first-order chi connectivity index (χ1) is 7.91. The fourth-order valence-corrected chi connectivity index (χ4v) is 1.23. The van der Waals surface area contributed by atoms with Gasteiger partial charge in [0.2, 0.25) is 5.91 Å². The monoisotopic (exact) mass is 239 g/mol. The van der Waals surface area contributed by atoms with E-state index in [0.29, 0.717) is 12.5 Å². The number of carbonyl (C=O) groups excluding carboxylic acids is 1. The van der Waals surface area contributed by atoms with Crippen molar-refractivity contribution in [1.82, 2.24) is 15.1 Å². The summed E-state index contributed by atoms with van der Waals surface area (Å²) in [6.45, 7) is 6.27. The van der Waals surface area contributed by atoms with Gasteiger partial charge in [-0.3, -0.25) is 9.48 Å². The van der Waals surface area contributed by atoms with E-state index in [0.717, 1.165) is 0 Å². The molecule has 0 radical (unpaired) electrons. The Balaban J connectivity index is 2.64. The molecule has 0 bridgehead atoms. The molecule has 1 rings (SSSR count). The highest BCUT2D eigenvalue weighted by Gasteiger charge is 2.17. The Morgan fingerprint density at radius 3 is 2.59 bits per heavy atom. The van der Waals surface area contributed by atoms with Crippen LogP contribution in [-0.4, -0.2) is 33.3 Å². The predicted octanol–water partition coefficient (Wildman–Crippen LogP) is 0.914. The largest absolute Gasteiger partial charge is 0.478 e. The first-order valence-electron chi connectivity index (χ1n) is 5.47. The Bertz CT molecular complexity index is 412. The molecule has 6 nitrogen and oxygen atoms in total. The summed E-state index contributed by atoms with van der Waals surface area (Å²) in [5.74, 6) is -0.844. The molecule has 6 heteroatoms. The number of carbonyl (C=O) groups is 2. The number of hydrogen-bond acceptors (Lipinski definition) is 3. The van der Waals surface area contributed by atoms with Gasteiger partial charge in [-0.25, -0.2) is 4.79 Å². The van der Waals surface area contributed by atoms with Gasteiger partial charge in [0.05, 0.1) is 11.8 Å². The van der Waals surface area contributed by atoms with Crippen LogP contribution in [0, 0.1) is 5.92 Å². The van der Waals surface area contributed by atoms with Gasteiger partial charge in [0.1, 0.15) is 6.04 Å². The fraction of sp³-hybridized carbons (Fsp3) is 0.545. The van der Waals surface area contributed by atoms with E-state index in [1.54, 1.807) is 6.92 Å². The first-order valence-corrected chi connectivity index (χ1v) is 5.47. The van der Waals surface area contributed by atoms with Crippen molar-refractivity contribution in [3.63, 3.8) is 0 Å². The molecule has 0 aliphatic rings. The van der Waals surface area contributed by atoms with Crippen LogP contribution in [0.5, 0.6) is 0 Å². The zero-order valence-corrected chi connectivity index (χ0v) is 10.2. The second-order valence-corrected chi connectivity index (χ2v) is 4.33. The van der Waals surface area contributed by atoms with Crippen LogP contribution in [-0.2, 0) is 4.79 Å². The zero-order chi connectivity index (χ0) is 13.0. The van der Waals surface area contributed by atoms with Crippen LogP contribution in [0.3, 0.4) is 0 Å². The summed E-state index contributed by atoms with van der Waals surface area (Å²) in [5, 5.41) is 15.4. The molecule has 0 aliphatic carbocycles. The van der Waals surface area contributed by atoms with Gasteiger partial charge in [-0.2, -0.15) is 5.10 Å². The Morgan fingerprint density at radius 1 is 1.47 bits per heavy atom. The van der Waals surface area contributed by atoms with Crippen LogP contribution in [0.4, 0.5) is 0 Å². The van der Waals surface area contributed by atoms with Crippen molar-refractivity contribution in [2.45, 2.75) is 26.8 Å². The van der Waals surface area contributed by atoms with E-state index < -0.39 is 12.0 Å². The smallest absolute Gasteiger partial charge is 0.338 e. The molecular formula is C11H17N3O3. The van der Waals surface area contributed by atoms with Gasteiger partial charge in [-0.05, 0) is 12.8 Å². The van der Waals surface area contributed by atoms with Gasteiger partial charge in [0.25, 0.3) is 0 Å². The average Bonchev–Trinajstić information content (AvgIpc) is 2.73. The molecule has 0 fully saturated rings. The van der Waals surface area contributed by atoms with Crippen molar-refractivity contribution in [3.8, 4) is 0 Å². The summed E-state index contributed by atoms with van der Waals surface area (Å²) in [6, 6.07) is -0.512. The molecule has 1 aromatic heterocycles. The van der Waals surface area contributed by atoms with E-state index in [-0.39, 0.29) is 11.5 Å². The van der Waals surface area contributed by atoms with Crippen LogP contribution >= 0.6 is 0 Å². The number of aromatic carboxylic acids is 1. The Hall–Kier alpha value is -1.85. The average molecular weight is 239 g/mol. The molecule has 0 saturated carbocycles. The molecule has 0 aromatic carbocycles. The third kappa shape index (κ3) is 3.58. The molecule has 0 saturated heterocycles. The molecule has 94 valence electrons. The molecule has 0 spiro atoms. The second-order valence-electron chi connectivity index (χ2n) is 4.33. The number of rotatable bonds is 5. The lowest BCUT2D eigenvalue weighted by atomic mass is 10.2. The van der Waals surface area contributed by atoms with Crippen LogP contribution in [0.15, 0.2) is 12.4 Å². The number of amides is 1. The van der Waals surface area contributed by atoms with Gasteiger partial charge in [0, 0.05) is 12.7 Å². The summed E-state index contributed by atoms with van der Waals surface area (Å²) >= 11 is 0. The van der Waals surface area contributed by atoms with E-state index in [1.807, 2.05) is 13.8 Å². The summed E-state index contributed by atoms with van der Waals surface area (Å²) in [6.07, 6.45) is 2.58. The normalized spacial score (nSPS) is 12.5. The summed E-state index contributed by atoms with van der Waals surface area (Å²) in [5.41, 5.74) is 0.0773. The van der Waals surface area contributed by atoms with E-state index in [9.17, 15) is 9.59 Å². The SMILES string of the molecule is CC(C)CNC(=O)C(C)n1cc(C(=O)O)cn1. The van der Waals surface area contributed by atoms with E-state index in [4.69, 9.17) is 5.11 Å². The maximum atomic E-state index is 11.7. The number of carboxylic acids is 1. The molecule has 2 N–H and O–H groups in total. The number of hydrogen-bond donors (Lipinski definition) is 2. The zero-order valence-electron chi connectivity index (χ0n) is 10.2. The summed E-state index contributed by atoms with van der Waals surface area (Å²) in [7, 11) is 0. The molecule has 17 heavy (non-hydrogen) atoms. The molecule has 1 amide bonds. The highest BCUT2D eigenvalue weighted by Crippen LogP contribution is 2.07. The summed E-state index contributed by atoms with van der Waals surface area (Å²) < 4.78 is 1.35. The van der Waals surface area contributed by atoms with Gasteiger partial charge >= 0.3 is 5.97 Å². The molecule has 1 aromatic rings. The Morgan fingerprint density at radius 2 is 2.12 bits per heavy atom. The van der Waals surface area contributed by atoms with Crippen LogP contribution in [0.1, 0.15) is 37.2 Å². The van der Waals surface area contributed by atoms with Crippen LogP contribution in [0.25, 0.3) is 0 Å². The molecule has 1 heterocycles. The van der Waals surface area contributed by atoms with E-state index >= 15 is 0 Å². The topological polar surface area (TPSA) is 84.2 Å².